The van der Waals surface area contributed by atoms with Crippen molar-refractivity contribution in [1.82, 2.24) is 26.6 Å². The monoisotopic (exact) mass is 491 g/mol. The second-order valence-electron chi connectivity index (χ2n) is 7.85. The smallest absolute Gasteiger partial charge is 0.243 e. The van der Waals surface area contributed by atoms with E-state index < -0.39 is 91.3 Å². The van der Waals surface area contributed by atoms with E-state index in [2.05, 4.69) is 26.6 Å². The second kappa shape index (κ2) is 13.1. The van der Waals surface area contributed by atoms with E-state index in [9.17, 15) is 44.4 Å². The van der Waals surface area contributed by atoms with Gasteiger partial charge in [-0.2, -0.15) is 0 Å². The van der Waals surface area contributed by atoms with Gasteiger partial charge in [-0.05, 0) is 13.8 Å². The van der Waals surface area contributed by atoms with Gasteiger partial charge in [0.25, 0.3) is 0 Å². The minimum Gasteiger partial charge on any atom is -0.394 e. The molecule has 1 fully saturated rings. The molecule has 0 saturated carbocycles. The van der Waals surface area contributed by atoms with Crippen molar-refractivity contribution in [2.45, 2.75) is 76.0 Å². The molecule has 1 saturated heterocycles. The van der Waals surface area contributed by atoms with Gasteiger partial charge in [0.1, 0.15) is 42.5 Å². The number of rotatable bonds is 10. The summed E-state index contributed by atoms with van der Waals surface area (Å²) in [5.74, 6) is -3.62. The van der Waals surface area contributed by atoms with Crippen molar-refractivity contribution in [2.75, 3.05) is 13.7 Å². The molecule has 9 N–H and O–H groups in total. The van der Waals surface area contributed by atoms with Crippen molar-refractivity contribution in [1.29, 1.82) is 0 Å². The SMILES string of the molecule is CNC(=O)[C@H](C)NC(=O)[C@H](CC(=O)N[C@H]1O[C@H](CO)[C@H](O)[C@H](O)[C@H]1O)NC(=O)[C@H](C)NC(C)=O. The van der Waals surface area contributed by atoms with Crippen molar-refractivity contribution >= 4 is 29.5 Å². The number of hydrogen-bond acceptors (Lipinski definition) is 10. The largest absolute Gasteiger partial charge is 0.394 e. The van der Waals surface area contributed by atoms with E-state index in [0.717, 1.165) is 0 Å². The van der Waals surface area contributed by atoms with E-state index in [0.29, 0.717) is 0 Å². The van der Waals surface area contributed by atoms with Gasteiger partial charge in [0, 0.05) is 14.0 Å². The maximum atomic E-state index is 12.7. The zero-order valence-electron chi connectivity index (χ0n) is 19.3. The quantitative estimate of drug-likeness (QED) is 0.141. The topological polar surface area (TPSA) is 236 Å². The van der Waals surface area contributed by atoms with Crippen molar-refractivity contribution < 1.29 is 49.1 Å². The minimum atomic E-state index is -1.75. The van der Waals surface area contributed by atoms with Crippen LogP contribution >= 0.6 is 0 Å². The van der Waals surface area contributed by atoms with Gasteiger partial charge < -0.3 is 51.7 Å². The summed E-state index contributed by atoms with van der Waals surface area (Å²) in [6.07, 6.45) is -8.61. The molecule has 0 aromatic rings. The van der Waals surface area contributed by atoms with Gasteiger partial charge in [0.2, 0.25) is 29.5 Å². The van der Waals surface area contributed by atoms with E-state index in [4.69, 9.17) is 4.74 Å². The molecule has 1 aliphatic heterocycles. The molecule has 1 heterocycles. The molecule has 8 atom stereocenters. The summed E-state index contributed by atoms with van der Waals surface area (Å²) in [6.45, 7) is 3.21. The Hall–Kier alpha value is -2.85. The molecule has 0 aromatic carbocycles. The van der Waals surface area contributed by atoms with Crippen LogP contribution in [0.25, 0.3) is 0 Å². The Morgan fingerprint density at radius 1 is 0.853 bits per heavy atom. The Kier molecular flexibility index (Phi) is 11.3. The zero-order chi connectivity index (χ0) is 26.2. The van der Waals surface area contributed by atoms with Crippen LogP contribution in [-0.2, 0) is 28.7 Å². The van der Waals surface area contributed by atoms with Crippen LogP contribution < -0.4 is 26.6 Å². The molecule has 5 amide bonds. The molecule has 15 nitrogen and oxygen atoms in total. The maximum absolute atomic E-state index is 12.7. The minimum absolute atomic E-state index is 0.503. The molecule has 0 bridgehead atoms. The summed E-state index contributed by atoms with van der Waals surface area (Å²) in [5.41, 5.74) is 0. The lowest BCUT2D eigenvalue weighted by atomic mass is 9.98. The van der Waals surface area contributed by atoms with E-state index in [1.165, 1.54) is 27.8 Å². The molecular formula is C19H33N5O10. The Morgan fingerprint density at radius 2 is 1.44 bits per heavy atom. The van der Waals surface area contributed by atoms with Crippen molar-refractivity contribution in [3.8, 4) is 0 Å². The molecule has 0 radical (unpaired) electrons. The summed E-state index contributed by atoms with van der Waals surface area (Å²) in [4.78, 5) is 60.5. The van der Waals surface area contributed by atoms with Crippen LogP contribution in [0.1, 0.15) is 27.2 Å². The third-order valence-electron chi connectivity index (χ3n) is 5.03. The fourth-order valence-electron chi connectivity index (χ4n) is 3.10. The second-order valence-corrected chi connectivity index (χ2v) is 7.85. The van der Waals surface area contributed by atoms with E-state index in [1.807, 2.05) is 0 Å². The van der Waals surface area contributed by atoms with E-state index >= 15 is 0 Å². The van der Waals surface area contributed by atoms with Crippen LogP contribution in [-0.4, -0.2) is 112 Å². The third-order valence-corrected chi connectivity index (χ3v) is 5.03. The summed E-state index contributed by atoms with van der Waals surface area (Å²) >= 11 is 0. The molecule has 1 rings (SSSR count). The summed E-state index contributed by atoms with van der Waals surface area (Å²) < 4.78 is 5.19. The first kappa shape index (κ1) is 29.2. The first-order valence-electron chi connectivity index (χ1n) is 10.5. The van der Waals surface area contributed by atoms with Crippen LogP contribution in [0.4, 0.5) is 0 Å². The maximum Gasteiger partial charge on any atom is 0.243 e. The number of ether oxygens (including phenoxy) is 1. The Balaban J connectivity index is 2.95. The normalized spacial score (nSPS) is 26.9. The van der Waals surface area contributed by atoms with Crippen LogP contribution in [0.5, 0.6) is 0 Å². The number of nitrogens with one attached hydrogen (secondary N) is 5. The third kappa shape index (κ3) is 8.18. The predicted molar refractivity (Wildman–Crippen MR) is 113 cm³/mol. The standard InChI is InChI=1S/C19H33N5O10/c1-7(16(31)20-4)22-18(33)10(23-17(32)8(2)21-9(3)26)5-12(27)24-19-15(30)14(29)13(28)11(6-25)34-19/h7-8,10-11,13-15,19,25,28-30H,5-6H2,1-4H3,(H,20,31)(H,21,26)(H,22,33)(H,23,32)(H,24,27)/t7-,8-,10-,11+,13-,14-,15+,19-/m0/s1. The molecule has 0 unspecified atom stereocenters. The van der Waals surface area contributed by atoms with Gasteiger partial charge in [-0.25, -0.2) is 0 Å². The molecule has 0 spiro atoms. The highest BCUT2D eigenvalue weighted by molar-refractivity contribution is 5.96. The first-order chi connectivity index (χ1) is 15.8. The van der Waals surface area contributed by atoms with Gasteiger partial charge in [-0.1, -0.05) is 0 Å². The first-order valence-corrected chi connectivity index (χ1v) is 10.5. The zero-order valence-corrected chi connectivity index (χ0v) is 19.3. The molecule has 15 heteroatoms. The summed E-state index contributed by atoms with van der Waals surface area (Å²) in [7, 11) is 1.35. The van der Waals surface area contributed by atoms with Gasteiger partial charge in [-0.3, -0.25) is 24.0 Å². The average molecular weight is 491 g/mol. The van der Waals surface area contributed by atoms with E-state index in [1.54, 1.807) is 0 Å². The number of carbonyl (C=O) groups is 5. The van der Waals surface area contributed by atoms with Crippen molar-refractivity contribution in [3.63, 3.8) is 0 Å². The molecule has 0 aliphatic carbocycles. The highest BCUT2D eigenvalue weighted by atomic mass is 16.6. The molecule has 194 valence electrons. The highest BCUT2D eigenvalue weighted by Gasteiger charge is 2.44. The Bertz CT molecular complexity index is 764. The van der Waals surface area contributed by atoms with Gasteiger partial charge in [-0.15, -0.1) is 0 Å². The number of amides is 5. The fraction of sp³-hybridized carbons (Fsp3) is 0.737. The molecular weight excluding hydrogens is 458 g/mol. The molecule has 34 heavy (non-hydrogen) atoms. The lowest BCUT2D eigenvalue weighted by Gasteiger charge is -2.40. The van der Waals surface area contributed by atoms with Gasteiger partial charge >= 0.3 is 0 Å². The van der Waals surface area contributed by atoms with E-state index in [-0.39, 0.29) is 0 Å². The lowest BCUT2D eigenvalue weighted by Crippen LogP contribution is -2.63. The number of likely N-dealkylation sites (N-methyl/N-ethyl adjacent to an activating group) is 1. The van der Waals surface area contributed by atoms with Gasteiger partial charge in [0.15, 0.2) is 6.23 Å². The Labute approximate surface area is 195 Å². The number of aliphatic hydroxyl groups is 4. The number of aliphatic hydroxyl groups excluding tert-OH is 4. The number of hydrogen-bond donors (Lipinski definition) is 9. The molecule has 0 aromatic heterocycles. The van der Waals surface area contributed by atoms with Crippen molar-refractivity contribution in [3.05, 3.63) is 0 Å². The Morgan fingerprint density at radius 3 is 1.97 bits per heavy atom. The predicted octanol–water partition coefficient (Wildman–Crippen LogP) is -5.45. The average Bonchev–Trinajstić information content (AvgIpc) is 2.77. The van der Waals surface area contributed by atoms with Crippen LogP contribution in [0.2, 0.25) is 0 Å². The number of carbonyl (C=O) groups excluding carboxylic acids is 5. The highest BCUT2D eigenvalue weighted by Crippen LogP contribution is 2.19. The summed E-state index contributed by atoms with van der Waals surface area (Å²) in [6, 6.07) is -3.54. The molecule has 1 aliphatic rings. The summed E-state index contributed by atoms with van der Waals surface area (Å²) in [5, 5.41) is 50.5. The van der Waals surface area contributed by atoms with Gasteiger partial charge in [0.05, 0.1) is 13.0 Å². The lowest BCUT2D eigenvalue weighted by molar-refractivity contribution is -0.236. The van der Waals surface area contributed by atoms with Crippen molar-refractivity contribution in [2.24, 2.45) is 0 Å². The fourth-order valence-corrected chi connectivity index (χ4v) is 3.10. The van der Waals surface area contributed by atoms with Crippen LogP contribution in [0.15, 0.2) is 0 Å². The van der Waals surface area contributed by atoms with Crippen LogP contribution in [0.3, 0.4) is 0 Å². The van der Waals surface area contributed by atoms with Crippen LogP contribution in [0, 0.1) is 0 Å².